The molecule has 9 unspecified atom stereocenters. The first-order valence-electron chi connectivity index (χ1n) is 8.16. The fraction of sp³-hybridized carbons (Fsp3) is 1.00. The van der Waals surface area contributed by atoms with E-state index in [1.807, 2.05) is 0 Å². The third-order valence-electron chi connectivity index (χ3n) is 7.24. The molecule has 0 aromatic carbocycles. The van der Waals surface area contributed by atoms with E-state index in [1.54, 1.807) is 25.7 Å². The minimum Gasteiger partial charge on any atom is -0.0622 e. The Morgan fingerprint density at radius 3 is 2.12 bits per heavy atom. The second kappa shape index (κ2) is 3.52. The van der Waals surface area contributed by atoms with Crippen molar-refractivity contribution < 1.29 is 0 Å². The summed E-state index contributed by atoms with van der Waals surface area (Å²) in [4.78, 5) is 0. The van der Waals surface area contributed by atoms with E-state index >= 15 is 0 Å². The van der Waals surface area contributed by atoms with Crippen LogP contribution in [0.3, 0.4) is 0 Å². The summed E-state index contributed by atoms with van der Waals surface area (Å²) in [6.07, 6.45) is 7.87. The van der Waals surface area contributed by atoms with E-state index in [1.165, 1.54) is 18.3 Å². The van der Waals surface area contributed by atoms with Crippen molar-refractivity contribution in [2.75, 3.05) is 0 Å². The van der Waals surface area contributed by atoms with Crippen LogP contribution in [-0.4, -0.2) is 0 Å². The minimum atomic E-state index is 1.07. The minimum absolute atomic E-state index is 1.07. The molecule has 0 spiro atoms. The van der Waals surface area contributed by atoms with Crippen LogP contribution in [-0.2, 0) is 0 Å². The van der Waals surface area contributed by atoms with Gasteiger partial charge in [-0.3, -0.25) is 0 Å². The van der Waals surface area contributed by atoms with Gasteiger partial charge in [0, 0.05) is 0 Å². The van der Waals surface area contributed by atoms with Gasteiger partial charge in [-0.15, -0.1) is 0 Å². The summed E-state index contributed by atoms with van der Waals surface area (Å²) in [7, 11) is 0. The third-order valence-corrected chi connectivity index (χ3v) is 7.24. The first kappa shape index (κ1) is 10.9. The van der Waals surface area contributed by atoms with E-state index in [9.17, 15) is 0 Å². The standard InChI is InChI=1S/C17H28/c1-9-6-12(9)4-5-14-10(2)15(14)7-13-8-16-11(3)17(13)16/h9-17H,4-8H2,1-3H3. The van der Waals surface area contributed by atoms with E-state index in [2.05, 4.69) is 20.8 Å². The summed E-state index contributed by atoms with van der Waals surface area (Å²) in [5.41, 5.74) is 0. The second-order valence-corrected chi connectivity index (χ2v) is 8.07. The average Bonchev–Trinajstić information content (AvgIpc) is 3.15. The zero-order chi connectivity index (χ0) is 11.7. The number of rotatable bonds is 5. The summed E-state index contributed by atoms with van der Waals surface area (Å²) >= 11 is 0. The molecule has 4 fully saturated rings. The lowest BCUT2D eigenvalue weighted by Crippen LogP contribution is -2.16. The molecule has 0 N–H and O–H groups in total. The van der Waals surface area contributed by atoms with Gasteiger partial charge < -0.3 is 0 Å². The van der Waals surface area contributed by atoms with Gasteiger partial charge >= 0.3 is 0 Å². The number of fused-ring (bicyclic) bond motifs is 1. The SMILES string of the molecule is CC1CC1CCC1C(C)C1CC1CC2C(C)C12. The van der Waals surface area contributed by atoms with Crippen molar-refractivity contribution in [2.24, 2.45) is 53.3 Å². The predicted octanol–water partition coefficient (Wildman–Crippen LogP) is 4.60. The highest BCUT2D eigenvalue weighted by Gasteiger charge is 2.61. The molecule has 4 aliphatic rings. The normalized spacial score (nSPS) is 62.6. The van der Waals surface area contributed by atoms with Crippen LogP contribution in [0, 0.1) is 53.3 Å². The molecule has 96 valence electrons. The summed E-state index contributed by atoms with van der Waals surface area (Å²) in [5, 5.41) is 0. The van der Waals surface area contributed by atoms with Crippen molar-refractivity contribution in [3.8, 4) is 0 Å². The summed E-state index contributed by atoms with van der Waals surface area (Å²) in [6.45, 7) is 7.44. The van der Waals surface area contributed by atoms with Crippen LogP contribution < -0.4 is 0 Å². The van der Waals surface area contributed by atoms with Crippen LogP contribution in [0.15, 0.2) is 0 Å². The monoisotopic (exact) mass is 232 g/mol. The highest BCUT2D eigenvalue weighted by Crippen LogP contribution is 2.68. The van der Waals surface area contributed by atoms with E-state index in [0.29, 0.717) is 0 Å². The molecule has 0 radical (unpaired) electrons. The van der Waals surface area contributed by atoms with Crippen LogP contribution in [0.25, 0.3) is 0 Å². The quantitative estimate of drug-likeness (QED) is 0.650. The van der Waals surface area contributed by atoms with E-state index in [0.717, 1.165) is 41.4 Å². The molecular weight excluding hydrogens is 204 g/mol. The fourth-order valence-corrected chi connectivity index (χ4v) is 5.35. The molecule has 0 heterocycles. The number of hydrogen-bond acceptors (Lipinski definition) is 0. The van der Waals surface area contributed by atoms with Gasteiger partial charge in [-0.2, -0.15) is 0 Å². The molecule has 0 amide bonds. The van der Waals surface area contributed by atoms with Gasteiger partial charge in [0.15, 0.2) is 0 Å². The molecule has 0 bridgehead atoms. The molecule has 4 rings (SSSR count). The van der Waals surface area contributed by atoms with Gasteiger partial charge in [0.05, 0.1) is 0 Å². The molecule has 4 saturated carbocycles. The molecule has 9 atom stereocenters. The average molecular weight is 232 g/mol. The van der Waals surface area contributed by atoms with Gasteiger partial charge in [-0.1, -0.05) is 20.8 Å². The Hall–Kier alpha value is 0. The van der Waals surface area contributed by atoms with Crippen molar-refractivity contribution in [3.63, 3.8) is 0 Å². The molecule has 0 aliphatic heterocycles. The van der Waals surface area contributed by atoms with Crippen LogP contribution in [0.1, 0.15) is 52.9 Å². The van der Waals surface area contributed by atoms with Crippen LogP contribution in [0.5, 0.6) is 0 Å². The predicted molar refractivity (Wildman–Crippen MR) is 71.5 cm³/mol. The largest absolute Gasteiger partial charge is 0.0622 e. The zero-order valence-corrected chi connectivity index (χ0v) is 11.7. The molecule has 0 heteroatoms. The molecule has 0 saturated heterocycles. The topological polar surface area (TPSA) is 0 Å². The Bertz CT molecular complexity index is 316. The van der Waals surface area contributed by atoms with Crippen molar-refractivity contribution >= 4 is 0 Å². The smallest absolute Gasteiger partial charge is 0.0326 e. The van der Waals surface area contributed by atoms with Crippen molar-refractivity contribution in [2.45, 2.75) is 52.9 Å². The fourth-order valence-electron chi connectivity index (χ4n) is 5.35. The number of hydrogen-bond donors (Lipinski definition) is 0. The van der Waals surface area contributed by atoms with E-state index in [4.69, 9.17) is 0 Å². The lowest BCUT2D eigenvalue weighted by atomic mass is 9.81. The first-order chi connectivity index (χ1) is 8.16. The summed E-state index contributed by atoms with van der Waals surface area (Å²) < 4.78 is 0. The Kier molecular flexibility index (Phi) is 2.25. The second-order valence-electron chi connectivity index (χ2n) is 8.07. The zero-order valence-electron chi connectivity index (χ0n) is 11.7. The van der Waals surface area contributed by atoms with Crippen LogP contribution in [0.4, 0.5) is 0 Å². The maximum Gasteiger partial charge on any atom is -0.0326 e. The summed E-state index contributed by atoms with van der Waals surface area (Å²) in [6, 6.07) is 0. The lowest BCUT2D eigenvalue weighted by Gasteiger charge is -2.24. The van der Waals surface area contributed by atoms with Gasteiger partial charge in [-0.25, -0.2) is 0 Å². The maximum absolute atomic E-state index is 2.53. The van der Waals surface area contributed by atoms with Crippen LogP contribution in [0.2, 0.25) is 0 Å². The van der Waals surface area contributed by atoms with Crippen molar-refractivity contribution in [3.05, 3.63) is 0 Å². The van der Waals surface area contributed by atoms with E-state index in [-0.39, 0.29) is 0 Å². The van der Waals surface area contributed by atoms with Crippen molar-refractivity contribution in [1.82, 2.24) is 0 Å². The molecule has 17 heavy (non-hydrogen) atoms. The van der Waals surface area contributed by atoms with Gasteiger partial charge in [-0.05, 0) is 85.4 Å². The Balaban J connectivity index is 1.21. The Morgan fingerprint density at radius 1 is 0.824 bits per heavy atom. The maximum atomic E-state index is 2.53. The van der Waals surface area contributed by atoms with E-state index < -0.39 is 0 Å². The molecule has 0 aromatic heterocycles. The van der Waals surface area contributed by atoms with Crippen LogP contribution >= 0.6 is 0 Å². The van der Waals surface area contributed by atoms with Gasteiger partial charge in [0.25, 0.3) is 0 Å². The molecular formula is C17H28. The van der Waals surface area contributed by atoms with Crippen molar-refractivity contribution in [1.29, 1.82) is 0 Å². The summed E-state index contributed by atoms with van der Waals surface area (Å²) in [5.74, 6) is 10.2. The van der Waals surface area contributed by atoms with Gasteiger partial charge in [0.2, 0.25) is 0 Å². The highest BCUT2D eigenvalue weighted by atomic mass is 14.7. The Morgan fingerprint density at radius 2 is 1.59 bits per heavy atom. The Labute approximate surface area is 107 Å². The highest BCUT2D eigenvalue weighted by molar-refractivity contribution is 5.10. The lowest BCUT2D eigenvalue weighted by molar-refractivity contribution is 0.250. The molecule has 0 nitrogen and oxygen atoms in total. The third kappa shape index (κ3) is 1.70. The first-order valence-corrected chi connectivity index (χ1v) is 8.16. The molecule has 0 aromatic rings. The van der Waals surface area contributed by atoms with Gasteiger partial charge in [0.1, 0.15) is 0 Å². The molecule has 4 aliphatic carbocycles.